The van der Waals surface area contributed by atoms with Gasteiger partial charge < -0.3 is 24.6 Å². The third-order valence-electron chi connectivity index (χ3n) is 5.11. The topological polar surface area (TPSA) is 96.3 Å². The molecule has 0 saturated carbocycles. The minimum absolute atomic E-state index is 0.00740. The van der Waals surface area contributed by atoms with Crippen LogP contribution in [0.3, 0.4) is 0 Å². The van der Waals surface area contributed by atoms with Gasteiger partial charge in [-0.2, -0.15) is 0 Å². The molecule has 1 heterocycles. The molecule has 0 aromatic heterocycles. The van der Waals surface area contributed by atoms with Crippen LogP contribution in [0.2, 0.25) is 0 Å². The number of likely N-dealkylation sites (tertiary alicyclic amines) is 1. The van der Waals surface area contributed by atoms with E-state index in [1.165, 1.54) is 24.1 Å². The molecule has 7 nitrogen and oxygen atoms in total. The molecule has 7 heteroatoms. The van der Waals surface area contributed by atoms with Gasteiger partial charge in [-0.05, 0) is 43.2 Å². The molecular weight excluding hydrogens is 386 g/mol. The molecule has 1 amide bonds. The number of ketones is 1. The summed E-state index contributed by atoms with van der Waals surface area (Å²) in [5.41, 5.74) is 1.81. The van der Waals surface area contributed by atoms with Crippen LogP contribution in [0, 0.1) is 6.92 Å². The molecule has 1 aliphatic heterocycles. The number of aromatic hydroxyl groups is 1. The number of carbonyl (C=O) groups excluding carboxylic acids is 2. The number of ether oxygens (including phenoxy) is 2. The number of aryl methyl sites for hydroxylation is 1. The lowest BCUT2D eigenvalue weighted by Crippen LogP contribution is -2.31. The Labute approximate surface area is 175 Å². The van der Waals surface area contributed by atoms with Gasteiger partial charge in [0.2, 0.25) is 0 Å². The molecule has 30 heavy (non-hydrogen) atoms. The van der Waals surface area contributed by atoms with E-state index in [1.807, 2.05) is 13.0 Å². The predicted octanol–water partition coefficient (Wildman–Crippen LogP) is 3.17. The van der Waals surface area contributed by atoms with Crippen molar-refractivity contribution in [1.82, 2.24) is 4.90 Å². The first-order chi connectivity index (χ1) is 14.4. The van der Waals surface area contributed by atoms with Crippen molar-refractivity contribution in [3.05, 3.63) is 64.7 Å². The summed E-state index contributed by atoms with van der Waals surface area (Å²) < 4.78 is 10.4. The number of aliphatic hydroxyl groups excluding tert-OH is 1. The number of hydrogen-bond acceptors (Lipinski definition) is 6. The van der Waals surface area contributed by atoms with Crippen LogP contribution in [0.15, 0.2) is 48.0 Å². The van der Waals surface area contributed by atoms with Gasteiger partial charge in [-0.15, -0.1) is 0 Å². The number of phenols is 1. The minimum atomic E-state index is -0.785. The summed E-state index contributed by atoms with van der Waals surface area (Å²) in [5, 5.41) is 20.8. The predicted molar refractivity (Wildman–Crippen MR) is 111 cm³/mol. The summed E-state index contributed by atoms with van der Waals surface area (Å²) in [4.78, 5) is 27.2. The van der Waals surface area contributed by atoms with Gasteiger partial charge in [0.25, 0.3) is 11.7 Å². The van der Waals surface area contributed by atoms with Gasteiger partial charge in [0.1, 0.15) is 17.3 Å². The van der Waals surface area contributed by atoms with Gasteiger partial charge in [0, 0.05) is 20.3 Å². The third kappa shape index (κ3) is 4.02. The zero-order chi connectivity index (χ0) is 21.8. The van der Waals surface area contributed by atoms with Gasteiger partial charge >= 0.3 is 0 Å². The Kier molecular flexibility index (Phi) is 6.42. The van der Waals surface area contributed by atoms with Crippen molar-refractivity contribution in [2.24, 2.45) is 0 Å². The number of rotatable bonds is 7. The molecule has 158 valence electrons. The zero-order valence-corrected chi connectivity index (χ0v) is 17.2. The van der Waals surface area contributed by atoms with E-state index in [1.54, 1.807) is 31.4 Å². The fourth-order valence-corrected chi connectivity index (χ4v) is 3.65. The molecule has 0 spiro atoms. The van der Waals surface area contributed by atoms with E-state index >= 15 is 0 Å². The number of amides is 1. The van der Waals surface area contributed by atoms with Crippen molar-refractivity contribution >= 4 is 17.4 Å². The minimum Gasteiger partial charge on any atom is -0.508 e. The van der Waals surface area contributed by atoms with E-state index < -0.39 is 17.7 Å². The number of aliphatic hydroxyl groups is 1. The second kappa shape index (κ2) is 9.00. The lowest BCUT2D eigenvalue weighted by atomic mass is 9.94. The summed E-state index contributed by atoms with van der Waals surface area (Å²) in [6.45, 7) is 2.57. The first-order valence-corrected chi connectivity index (χ1v) is 9.60. The number of hydrogen-bond donors (Lipinski definition) is 2. The van der Waals surface area contributed by atoms with Gasteiger partial charge in [0.15, 0.2) is 0 Å². The quantitative estimate of drug-likeness (QED) is 0.314. The second-order valence-corrected chi connectivity index (χ2v) is 7.13. The number of carbonyl (C=O) groups is 2. The van der Waals surface area contributed by atoms with Crippen LogP contribution in [-0.2, 0) is 14.3 Å². The maximum absolute atomic E-state index is 13.0. The Morgan fingerprint density at radius 1 is 1.10 bits per heavy atom. The van der Waals surface area contributed by atoms with Crippen molar-refractivity contribution in [3.63, 3.8) is 0 Å². The average molecular weight is 411 g/mol. The summed E-state index contributed by atoms with van der Waals surface area (Å²) in [6, 6.07) is 10.7. The first kappa shape index (κ1) is 21.4. The Morgan fingerprint density at radius 3 is 2.43 bits per heavy atom. The van der Waals surface area contributed by atoms with Crippen LogP contribution in [0.4, 0.5) is 0 Å². The number of Topliss-reactive ketones (excluding diaryl/α,β-unsaturated/α-hetero) is 1. The number of benzene rings is 2. The molecule has 0 radical (unpaired) electrons. The molecule has 2 N–H and O–H groups in total. The Bertz CT molecular complexity index is 980. The molecule has 1 unspecified atom stereocenters. The molecule has 3 rings (SSSR count). The van der Waals surface area contributed by atoms with Crippen molar-refractivity contribution in [2.45, 2.75) is 19.4 Å². The van der Waals surface area contributed by atoms with Crippen molar-refractivity contribution < 1.29 is 29.3 Å². The fraction of sp³-hybridized carbons (Fsp3) is 0.304. The highest BCUT2D eigenvalue weighted by Gasteiger charge is 2.46. The van der Waals surface area contributed by atoms with Crippen LogP contribution in [0.1, 0.15) is 29.2 Å². The number of phenolic OH excluding ortho intramolecular Hbond substituents is 1. The van der Waals surface area contributed by atoms with Crippen LogP contribution in [0.25, 0.3) is 5.76 Å². The van der Waals surface area contributed by atoms with E-state index in [0.29, 0.717) is 29.9 Å². The monoisotopic (exact) mass is 411 g/mol. The van der Waals surface area contributed by atoms with Gasteiger partial charge in [-0.3, -0.25) is 9.59 Å². The maximum atomic E-state index is 13.0. The highest BCUT2D eigenvalue weighted by molar-refractivity contribution is 6.46. The Morgan fingerprint density at radius 2 is 1.80 bits per heavy atom. The smallest absolute Gasteiger partial charge is 0.295 e. The van der Waals surface area contributed by atoms with Crippen LogP contribution >= 0.6 is 0 Å². The third-order valence-corrected chi connectivity index (χ3v) is 5.11. The fourth-order valence-electron chi connectivity index (χ4n) is 3.65. The van der Waals surface area contributed by atoms with E-state index in [0.717, 1.165) is 5.56 Å². The highest BCUT2D eigenvalue weighted by atomic mass is 16.5. The summed E-state index contributed by atoms with van der Waals surface area (Å²) >= 11 is 0. The first-order valence-electron chi connectivity index (χ1n) is 9.60. The lowest BCUT2D eigenvalue weighted by Gasteiger charge is -2.25. The van der Waals surface area contributed by atoms with E-state index in [2.05, 4.69) is 0 Å². The van der Waals surface area contributed by atoms with Crippen LogP contribution < -0.4 is 4.74 Å². The van der Waals surface area contributed by atoms with E-state index in [4.69, 9.17) is 9.47 Å². The largest absolute Gasteiger partial charge is 0.508 e. The van der Waals surface area contributed by atoms with E-state index in [9.17, 15) is 19.8 Å². The SMILES string of the molecule is COCCCN1C(=O)C(=O)/C(=C(/O)c2cc(C)ccc2OC)C1c1ccc(O)cc1. The Balaban J connectivity index is 2.18. The van der Waals surface area contributed by atoms with Gasteiger partial charge in [-0.25, -0.2) is 0 Å². The van der Waals surface area contributed by atoms with Crippen LogP contribution in [0.5, 0.6) is 11.5 Å². The average Bonchev–Trinajstić information content (AvgIpc) is 2.99. The molecule has 0 aliphatic carbocycles. The molecule has 1 fully saturated rings. The molecule has 2 aromatic rings. The van der Waals surface area contributed by atoms with E-state index in [-0.39, 0.29) is 23.6 Å². The van der Waals surface area contributed by atoms with Crippen molar-refractivity contribution in [3.8, 4) is 11.5 Å². The summed E-state index contributed by atoms with van der Waals surface area (Å²) in [5.74, 6) is -1.27. The van der Waals surface area contributed by atoms with Crippen molar-refractivity contribution in [1.29, 1.82) is 0 Å². The second-order valence-electron chi connectivity index (χ2n) is 7.13. The van der Waals surface area contributed by atoms with Crippen molar-refractivity contribution in [2.75, 3.05) is 27.4 Å². The highest BCUT2D eigenvalue weighted by Crippen LogP contribution is 2.41. The van der Waals surface area contributed by atoms with Crippen LogP contribution in [-0.4, -0.2) is 54.2 Å². The molecule has 1 atom stereocenters. The molecule has 1 aliphatic rings. The molecular formula is C23H25NO6. The molecule has 2 aromatic carbocycles. The number of nitrogens with zero attached hydrogens (tertiary/aromatic N) is 1. The zero-order valence-electron chi connectivity index (χ0n) is 17.2. The van der Waals surface area contributed by atoms with Gasteiger partial charge in [0.05, 0.1) is 24.3 Å². The standard InChI is InChI=1S/C23H25NO6/c1-14-5-10-18(30-3)17(13-14)21(26)19-20(15-6-8-16(25)9-7-15)24(11-4-12-29-2)23(28)22(19)27/h5-10,13,20,25-26H,4,11-12H2,1-3H3/b21-19+. The lowest BCUT2D eigenvalue weighted by molar-refractivity contribution is -0.140. The normalized spacial score (nSPS) is 18.1. The Hall–Kier alpha value is -3.32. The summed E-state index contributed by atoms with van der Waals surface area (Å²) in [7, 11) is 3.04. The summed E-state index contributed by atoms with van der Waals surface area (Å²) in [6.07, 6.45) is 0.534. The number of methoxy groups -OCH3 is 2. The molecule has 0 bridgehead atoms. The molecule has 1 saturated heterocycles. The maximum Gasteiger partial charge on any atom is 0.295 e. The van der Waals surface area contributed by atoms with Gasteiger partial charge in [-0.1, -0.05) is 23.8 Å².